The molecule has 2 atom stereocenters. The zero-order chi connectivity index (χ0) is 26.0. The maximum Gasteiger partial charge on any atom is 0.328 e. The van der Waals surface area contributed by atoms with Gasteiger partial charge in [-0.25, -0.2) is 4.79 Å². The summed E-state index contributed by atoms with van der Waals surface area (Å²) in [5, 5.41) is 22.3. The van der Waals surface area contributed by atoms with Crippen LogP contribution in [0, 0.1) is 0 Å². The number of methoxy groups -OCH3 is 1. The summed E-state index contributed by atoms with van der Waals surface area (Å²) in [6.45, 7) is 2.79. The van der Waals surface area contributed by atoms with Crippen molar-refractivity contribution in [3.63, 3.8) is 0 Å². The van der Waals surface area contributed by atoms with E-state index in [0.29, 0.717) is 0 Å². The second kappa shape index (κ2) is 9.98. The van der Waals surface area contributed by atoms with Crippen molar-refractivity contribution in [3.05, 3.63) is 59.7 Å². The number of hydrogen-bond donors (Lipinski definition) is 1. The molecule has 2 aliphatic rings. The number of aliphatic carboxylic acids is 1. The highest BCUT2D eigenvalue weighted by molar-refractivity contribution is 5.92. The Morgan fingerprint density at radius 3 is 2.28 bits per heavy atom. The third-order valence-electron chi connectivity index (χ3n) is 6.48. The predicted molar refractivity (Wildman–Crippen MR) is 126 cm³/mol. The molecule has 2 aromatic rings. The van der Waals surface area contributed by atoms with Crippen LogP contribution in [0.1, 0.15) is 37.3 Å². The number of carbonyl (C=O) groups excluding carboxylic acids is 2. The monoisotopic (exact) mass is 495 g/mol. The third kappa shape index (κ3) is 4.76. The number of nitrogens with zero attached hydrogens (tertiary/aromatic N) is 2. The lowest BCUT2D eigenvalue weighted by molar-refractivity contribution is -0.251. The summed E-state index contributed by atoms with van der Waals surface area (Å²) in [4.78, 5) is 41.8. The zero-order valence-electron chi connectivity index (χ0n) is 20.2. The molecule has 0 bridgehead atoms. The molecule has 36 heavy (non-hydrogen) atoms. The molecule has 0 spiro atoms. The number of carbonyl (C=O) groups is 3. The Morgan fingerprint density at radius 2 is 1.72 bits per heavy atom. The minimum absolute atomic E-state index is 0.0223. The Balaban J connectivity index is 1.56. The molecule has 10 heteroatoms. The lowest BCUT2D eigenvalue weighted by atomic mass is 9.98. The largest absolute Gasteiger partial charge is 0.599 e. The highest BCUT2D eigenvalue weighted by Gasteiger charge is 2.49. The molecule has 1 amide bonds. The zero-order valence-corrected chi connectivity index (χ0v) is 20.2. The molecule has 4 rings (SSSR count). The third-order valence-corrected chi connectivity index (χ3v) is 6.48. The summed E-state index contributed by atoms with van der Waals surface area (Å²) in [5.74, 6) is -3.11. The lowest BCUT2D eigenvalue weighted by Crippen LogP contribution is -2.54. The Morgan fingerprint density at radius 1 is 1.14 bits per heavy atom. The maximum absolute atomic E-state index is 13.3. The summed E-state index contributed by atoms with van der Waals surface area (Å²) in [7, 11) is 1.14. The van der Waals surface area contributed by atoms with Crippen LogP contribution < -0.4 is 5.11 Å². The van der Waals surface area contributed by atoms with E-state index >= 15 is 0 Å². The molecule has 1 fully saturated rings. The number of aliphatic imine (C=N–C) groups is 1. The number of rotatable bonds is 7. The first kappa shape index (κ1) is 25.2. The van der Waals surface area contributed by atoms with Gasteiger partial charge < -0.3 is 24.4 Å². The lowest BCUT2D eigenvalue weighted by Gasteiger charge is -2.34. The minimum atomic E-state index is -1.53. The Hall–Kier alpha value is -3.92. The van der Waals surface area contributed by atoms with Crippen molar-refractivity contribution in [2.24, 2.45) is 4.99 Å². The van der Waals surface area contributed by atoms with E-state index in [0.717, 1.165) is 34.3 Å². The van der Waals surface area contributed by atoms with Crippen LogP contribution in [0.4, 0.5) is 0 Å². The van der Waals surface area contributed by atoms with Crippen molar-refractivity contribution < 1.29 is 38.8 Å². The van der Waals surface area contributed by atoms with E-state index in [1.807, 2.05) is 48.5 Å². The predicted octanol–water partition coefficient (Wildman–Crippen LogP) is 1.51. The van der Waals surface area contributed by atoms with Gasteiger partial charge in [0.1, 0.15) is 17.9 Å². The first-order valence-electron chi connectivity index (χ1n) is 11.5. The van der Waals surface area contributed by atoms with Crippen LogP contribution in [-0.4, -0.2) is 72.1 Å². The Labute approximate surface area is 208 Å². The normalized spacial score (nSPS) is 19.4. The van der Waals surface area contributed by atoms with E-state index < -0.39 is 48.2 Å². The summed E-state index contributed by atoms with van der Waals surface area (Å²) in [5.41, 5.74) is 2.86. The molecular formula is C26H27N2O8-. The molecule has 2 aromatic carbocycles. The van der Waals surface area contributed by atoms with Crippen LogP contribution in [0.3, 0.4) is 0 Å². The van der Waals surface area contributed by atoms with Crippen LogP contribution in [0.15, 0.2) is 53.5 Å². The van der Waals surface area contributed by atoms with Gasteiger partial charge in [0.2, 0.25) is 0 Å². The van der Waals surface area contributed by atoms with Crippen molar-refractivity contribution in [2.75, 3.05) is 20.3 Å². The molecule has 190 valence electrons. The average molecular weight is 496 g/mol. The second-order valence-corrected chi connectivity index (χ2v) is 9.05. The van der Waals surface area contributed by atoms with Crippen LogP contribution in [0.2, 0.25) is 0 Å². The number of benzene rings is 2. The number of amides is 1. The summed E-state index contributed by atoms with van der Waals surface area (Å²) >= 11 is 0. The summed E-state index contributed by atoms with van der Waals surface area (Å²) in [6.07, 6.45) is -1.60. The van der Waals surface area contributed by atoms with Gasteiger partial charge in [-0.15, -0.1) is 0 Å². The number of carboxylic acids is 1. The fourth-order valence-corrected chi connectivity index (χ4v) is 4.75. The second-order valence-electron chi connectivity index (χ2n) is 9.05. The highest BCUT2D eigenvalue weighted by Crippen LogP contribution is 2.44. The molecular weight excluding hydrogens is 468 g/mol. The van der Waals surface area contributed by atoms with Gasteiger partial charge in [0.25, 0.3) is 5.91 Å². The van der Waals surface area contributed by atoms with Gasteiger partial charge in [-0.2, -0.15) is 0 Å². The topological polar surface area (TPSA) is 138 Å². The number of carboxylic acid groups (broad SMARTS) is 1. The quantitative estimate of drug-likeness (QED) is 0.347. The molecule has 1 N–H and O–H groups in total. The maximum atomic E-state index is 13.3. The number of fused-ring (bicyclic) bond motifs is 3. The molecule has 0 aromatic heterocycles. The number of hydrogen-bond acceptors (Lipinski definition) is 8. The van der Waals surface area contributed by atoms with Gasteiger partial charge in [0.05, 0.1) is 20.1 Å². The van der Waals surface area contributed by atoms with Gasteiger partial charge in [-0.1, -0.05) is 48.5 Å². The van der Waals surface area contributed by atoms with Gasteiger partial charge in [-0.05, 0) is 36.1 Å². The first-order valence-corrected chi connectivity index (χ1v) is 11.5. The van der Waals surface area contributed by atoms with Crippen LogP contribution in [0.5, 0.6) is 0 Å². The molecule has 0 saturated carbocycles. The van der Waals surface area contributed by atoms with E-state index in [1.165, 1.54) is 13.8 Å². The minimum Gasteiger partial charge on any atom is -0.599 e. The van der Waals surface area contributed by atoms with E-state index in [-0.39, 0.29) is 19.1 Å². The molecule has 10 nitrogen and oxygen atoms in total. The van der Waals surface area contributed by atoms with E-state index in [4.69, 9.17) is 9.47 Å². The van der Waals surface area contributed by atoms with Crippen LogP contribution >= 0.6 is 0 Å². The van der Waals surface area contributed by atoms with Gasteiger partial charge >= 0.3 is 11.9 Å². The van der Waals surface area contributed by atoms with Crippen molar-refractivity contribution in [1.29, 1.82) is 0 Å². The van der Waals surface area contributed by atoms with Gasteiger partial charge in [0.15, 0.2) is 6.04 Å². The first-order chi connectivity index (χ1) is 17.1. The molecule has 1 aliphatic carbocycles. The van der Waals surface area contributed by atoms with E-state index in [2.05, 4.69) is 9.73 Å². The fourth-order valence-electron chi connectivity index (χ4n) is 4.75. The smallest absolute Gasteiger partial charge is 0.328 e. The van der Waals surface area contributed by atoms with Gasteiger partial charge in [-0.3, -0.25) is 19.5 Å². The van der Waals surface area contributed by atoms with Crippen molar-refractivity contribution in [2.45, 2.75) is 44.0 Å². The van der Waals surface area contributed by atoms with Crippen molar-refractivity contribution in [1.82, 2.24) is 4.90 Å². The Bertz CT molecular complexity index is 1160. The van der Waals surface area contributed by atoms with E-state index in [1.54, 1.807) is 0 Å². The number of ether oxygens (including phenoxy) is 3. The summed E-state index contributed by atoms with van der Waals surface area (Å²) < 4.78 is 15.6. The average Bonchev–Trinajstić information content (AvgIpc) is 3.35. The van der Waals surface area contributed by atoms with Crippen molar-refractivity contribution in [3.8, 4) is 11.1 Å². The molecule has 0 radical (unpaired) electrons. The summed E-state index contributed by atoms with van der Waals surface area (Å²) in [6, 6.07) is 12.8. The fraction of sp³-hybridized carbons (Fsp3) is 0.385. The molecule has 1 heterocycles. The standard InChI is InChI=1S/C26H28N2O8/c1-26(2)28(21(14-36-26)24(31)32)23(30)20(12-22(29)34-3)27-25(33)35-13-19-17-10-6-4-8-15(17)16-9-5-7-11-18(16)19/h4-11,19-21H,12-14H2,1-3H3,(H,27,33)(H,31,32)/p-1/t20-,21?/m0/s1. The van der Waals surface area contributed by atoms with Crippen molar-refractivity contribution >= 4 is 23.9 Å². The van der Waals surface area contributed by atoms with E-state index in [9.17, 15) is 24.6 Å². The van der Waals surface area contributed by atoms with Gasteiger partial charge in [0, 0.05) is 12.5 Å². The highest BCUT2D eigenvalue weighted by atomic mass is 16.6. The Kier molecular flexibility index (Phi) is 6.98. The SMILES string of the molecule is COC(=O)C[C@H](N=C([O-])OCC1c2ccccc2-c2ccccc21)C(=O)N1C(C(=O)O)COC1(C)C. The molecule has 1 saturated heterocycles. The molecule has 1 aliphatic heterocycles. The van der Waals surface area contributed by atoms with Crippen LogP contribution in [-0.2, 0) is 28.6 Å². The molecule has 1 unspecified atom stereocenters. The number of esters is 1. The van der Waals surface area contributed by atoms with Crippen LogP contribution in [0.25, 0.3) is 11.1 Å².